The minimum Gasteiger partial charge on any atom is -0.493 e. The molecule has 1 amide bonds. The molecular formula is C26H24BrN3O2S. The molecule has 1 aliphatic heterocycles. The van der Waals surface area contributed by atoms with Crippen LogP contribution in [-0.4, -0.2) is 27.6 Å². The highest BCUT2D eigenvalue weighted by atomic mass is 79.9. The Morgan fingerprint density at radius 3 is 2.76 bits per heavy atom. The van der Waals surface area contributed by atoms with Gasteiger partial charge in [-0.1, -0.05) is 53.5 Å². The van der Waals surface area contributed by atoms with Crippen LogP contribution in [0.5, 0.6) is 5.75 Å². The molecule has 0 saturated carbocycles. The summed E-state index contributed by atoms with van der Waals surface area (Å²) in [6, 6.07) is 19.4. The van der Waals surface area contributed by atoms with Crippen molar-refractivity contribution in [3.05, 3.63) is 93.6 Å². The van der Waals surface area contributed by atoms with Gasteiger partial charge in [-0.3, -0.25) is 14.7 Å². The summed E-state index contributed by atoms with van der Waals surface area (Å²) in [5.41, 5.74) is 2.61. The van der Waals surface area contributed by atoms with Crippen molar-refractivity contribution in [2.24, 2.45) is 4.99 Å². The fourth-order valence-electron chi connectivity index (χ4n) is 3.25. The zero-order chi connectivity index (χ0) is 23.0. The molecule has 33 heavy (non-hydrogen) atoms. The van der Waals surface area contributed by atoms with Crippen LogP contribution < -0.4 is 4.74 Å². The molecule has 5 nitrogen and oxygen atoms in total. The number of rotatable bonds is 8. The van der Waals surface area contributed by atoms with E-state index in [9.17, 15) is 4.79 Å². The lowest BCUT2D eigenvalue weighted by atomic mass is 10.1. The van der Waals surface area contributed by atoms with Gasteiger partial charge in [-0.25, -0.2) is 4.99 Å². The Bertz CT molecular complexity index is 1170. The van der Waals surface area contributed by atoms with E-state index < -0.39 is 0 Å². The molecule has 0 unspecified atom stereocenters. The minimum absolute atomic E-state index is 0.0852. The predicted octanol–water partition coefficient (Wildman–Crippen LogP) is 6.83. The fourth-order valence-corrected chi connectivity index (χ4v) is 4.62. The molecule has 1 saturated heterocycles. The lowest BCUT2D eigenvalue weighted by Crippen LogP contribution is -2.28. The van der Waals surface area contributed by atoms with Gasteiger partial charge in [0.05, 0.1) is 23.7 Å². The molecule has 0 N–H and O–H groups in total. The number of nitrogens with zero attached hydrogens (tertiary/aromatic N) is 3. The van der Waals surface area contributed by atoms with Crippen LogP contribution in [0, 0.1) is 0 Å². The van der Waals surface area contributed by atoms with Crippen molar-refractivity contribution in [2.45, 2.75) is 26.3 Å². The van der Waals surface area contributed by atoms with Gasteiger partial charge in [0.1, 0.15) is 5.75 Å². The Balaban J connectivity index is 1.68. The number of benzene rings is 2. The van der Waals surface area contributed by atoms with Crippen molar-refractivity contribution >= 4 is 50.5 Å². The van der Waals surface area contributed by atoms with Crippen LogP contribution in [0.2, 0.25) is 0 Å². The second-order valence-corrected chi connectivity index (χ2v) is 9.40. The number of hydrogen-bond donors (Lipinski definition) is 0. The van der Waals surface area contributed by atoms with E-state index in [1.165, 1.54) is 11.8 Å². The number of aliphatic imine (C=N–C) groups is 1. The first-order valence-corrected chi connectivity index (χ1v) is 12.4. The predicted molar refractivity (Wildman–Crippen MR) is 138 cm³/mol. The number of unbranched alkanes of at least 4 members (excludes halogenated alkanes) is 1. The van der Waals surface area contributed by atoms with E-state index in [1.54, 1.807) is 17.3 Å². The van der Waals surface area contributed by atoms with Crippen LogP contribution in [0.15, 0.2) is 87.4 Å². The Hall–Kier alpha value is -2.90. The van der Waals surface area contributed by atoms with E-state index in [2.05, 4.69) is 27.8 Å². The number of amidine groups is 1. The van der Waals surface area contributed by atoms with Crippen LogP contribution in [0.4, 0.5) is 5.69 Å². The first kappa shape index (κ1) is 23.3. The number of carbonyl (C=O) groups is 1. The van der Waals surface area contributed by atoms with Crippen molar-refractivity contribution in [3.63, 3.8) is 0 Å². The number of carbonyl (C=O) groups excluding carboxylic acids is 1. The molecule has 1 aliphatic rings. The quantitative estimate of drug-likeness (QED) is 0.241. The van der Waals surface area contributed by atoms with Gasteiger partial charge in [-0.2, -0.15) is 0 Å². The third-order valence-corrected chi connectivity index (χ3v) is 6.45. The maximum Gasteiger partial charge on any atom is 0.267 e. The highest BCUT2D eigenvalue weighted by Crippen LogP contribution is 2.37. The maximum atomic E-state index is 13.5. The lowest BCUT2D eigenvalue weighted by Gasteiger charge is -2.15. The number of halogens is 1. The highest BCUT2D eigenvalue weighted by Gasteiger charge is 2.33. The molecule has 1 aromatic heterocycles. The van der Waals surface area contributed by atoms with Gasteiger partial charge in [0.2, 0.25) is 0 Å². The molecule has 0 aliphatic carbocycles. The summed E-state index contributed by atoms with van der Waals surface area (Å²) in [5, 5.41) is 0.643. The molecule has 0 radical (unpaired) electrons. The van der Waals surface area contributed by atoms with Crippen LogP contribution in [0.3, 0.4) is 0 Å². The Morgan fingerprint density at radius 1 is 1.15 bits per heavy atom. The second-order valence-electron chi connectivity index (χ2n) is 7.48. The average molecular weight is 522 g/mol. The van der Waals surface area contributed by atoms with E-state index in [4.69, 9.17) is 9.73 Å². The van der Waals surface area contributed by atoms with Crippen molar-refractivity contribution in [1.82, 2.24) is 9.88 Å². The van der Waals surface area contributed by atoms with Crippen molar-refractivity contribution < 1.29 is 9.53 Å². The van der Waals surface area contributed by atoms with Crippen LogP contribution in [0.25, 0.3) is 6.08 Å². The summed E-state index contributed by atoms with van der Waals surface area (Å²) in [6.45, 7) is 3.18. The lowest BCUT2D eigenvalue weighted by molar-refractivity contribution is -0.122. The summed E-state index contributed by atoms with van der Waals surface area (Å²) in [4.78, 5) is 24.7. The third kappa shape index (κ3) is 6.12. The van der Waals surface area contributed by atoms with Crippen molar-refractivity contribution in [2.75, 3.05) is 6.61 Å². The van der Waals surface area contributed by atoms with Gasteiger partial charge in [0.25, 0.3) is 5.91 Å². The van der Waals surface area contributed by atoms with Crippen LogP contribution in [-0.2, 0) is 11.3 Å². The number of ether oxygens (including phenoxy) is 1. The Labute approximate surface area is 206 Å². The van der Waals surface area contributed by atoms with Gasteiger partial charge < -0.3 is 4.74 Å². The van der Waals surface area contributed by atoms with Gasteiger partial charge in [-0.05, 0) is 66.2 Å². The number of para-hydroxylation sites is 1. The molecule has 3 aromatic rings. The number of amides is 1. The minimum atomic E-state index is -0.0852. The molecule has 168 valence electrons. The van der Waals surface area contributed by atoms with Crippen LogP contribution in [0.1, 0.15) is 30.9 Å². The number of thioether (sulfide) groups is 1. The molecule has 7 heteroatoms. The van der Waals surface area contributed by atoms with E-state index >= 15 is 0 Å². The SMILES string of the molecule is CCCCOc1ccc(Br)cc1/C=C1\SC(=Nc2ccccc2)N(Cc2cccnc2)C1=O. The molecule has 4 rings (SSSR count). The van der Waals surface area contributed by atoms with Gasteiger partial charge in [-0.15, -0.1) is 0 Å². The van der Waals surface area contributed by atoms with Gasteiger partial charge in [0.15, 0.2) is 5.17 Å². The monoisotopic (exact) mass is 521 g/mol. The Kier molecular flexibility index (Phi) is 7.96. The summed E-state index contributed by atoms with van der Waals surface area (Å²) in [7, 11) is 0. The average Bonchev–Trinajstić information content (AvgIpc) is 3.11. The van der Waals surface area contributed by atoms with E-state index in [0.29, 0.717) is 23.2 Å². The van der Waals surface area contributed by atoms with E-state index in [-0.39, 0.29) is 5.91 Å². The summed E-state index contributed by atoms with van der Waals surface area (Å²) < 4.78 is 6.91. The van der Waals surface area contributed by atoms with E-state index in [0.717, 1.165) is 39.9 Å². The van der Waals surface area contributed by atoms with Gasteiger partial charge in [0, 0.05) is 22.4 Å². The first-order chi connectivity index (χ1) is 16.1. The molecule has 0 spiro atoms. The normalized spacial score (nSPS) is 16.1. The summed E-state index contributed by atoms with van der Waals surface area (Å²) in [6.07, 6.45) is 7.43. The molecule has 2 aromatic carbocycles. The standard InChI is InChI=1S/C26H24BrN3O2S/c1-2-3-14-32-23-12-11-21(27)15-20(23)16-24-25(31)30(18-19-8-7-13-28-17-19)26(33-24)29-22-9-5-4-6-10-22/h4-13,15-17H,2-3,14,18H2,1H3/b24-16-,29-26?. The molecular weight excluding hydrogens is 498 g/mol. The maximum absolute atomic E-state index is 13.5. The highest BCUT2D eigenvalue weighted by molar-refractivity contribution is 9.10. The first-order valence-electron chi connectivity index (χ1n) is 10.8. The molecule has 2 heterocycles. The topological polar surface area (TPSA) is 54.8 Å². The number of pyridine rings is 1. The molecule has 0 bridgehead atoms. The van der Waals surface area contributed by atoms with E-state index in [1.807, 2.05) is 66.7 Å². The zero-order valence-electron chi connectivity index (χ0n) is 18.3. The fraction of sp³-hybridized carbons (Fsp3) is 0.192. The molecule has 0 atom stereocenters. The third-order valence-electron chi connectivity index (χ3n) is 4.95. The summed E-state index contributed by atoms with van der Waals surface area (Å²) in [5.74, 6) is 0.679. The van der Waals surface area contributed by atoms with Gasteiger partial charge >= 0.3 is 0 Å². The Morgan fingerprint density at radius 2 is 2.00 bits per heavy atom. The second kappa shape index (κ2) is 11.3. The smallest absolute Gasteiger partial charge is 0.267 e. The molecule has 1 fully saturated rings. The largest absolute Gasteiger partial charge is 0.493 e. The number of hydrogen-bond acceptors (Lipinski definition) is 5. The number of aromatic nitrogens is 1. The summed E-state index contributed by atoms with van der Waals surface area (Å²) >= 11 is 4.91. The van der Waals surface area contributed by atoms with Crippen LogP contribution >= 0.6 is 27.7 Å². The van der Waals surface area contributed by atoms with Crippen molar-refractivity contribution in [1.29, 1.82) is 0 Å². The van der Waals surface area contributed by atoms with Crippen molar-refractivity contribution in [3.8, 4) is 5.75 Å². The zero-order valence-corrected chi connectivity index (χ0v) is 20.7.